The highest BCUT2D eigenvalue weighted by Gasteiger charge is 2.39. The molecule has 4 rings (SSSR count). The van der Waals surface area contributed by atoms with E-state index in [-0.39, 0.29) is 11.2 Å². The van der Waals surface area contributed by atoms with Gasteiger partial charge in [0, 0.05) is 28.8 Å². The first kappa shape index (κ1) is 15.6. The third-order valence-corrected chi connectivity index (χ3v) is 5.82. The fourth-order valence-electron chi connectivity index (χ4n) is 4.64. The Bertz CT molecular complexity index is 909. The summed E-state index contributed by atoms with van der Waals surface area (Å²) in [6.07, 6.45) is 2.24. The molecule has 3 heterocycles. The first-order chi connectivity index (χ1) is 11.4. The van der Waals surface area contributed by atoms with Crippen LogP contribution in [0.3, 0.4) is 0 Å². The summed E-state index contributed by atoms with van der Waals surface area (Å²) in [5, 5.41) is 3.45. The molecule has 2 aromatic heterocycles. The summed E-state index contributed by atoms with van der Waals surface area (Å²) in [5.74, 6) is -0.238. The zero-order valence-electron chi connectivity index (χ0n) is 14.9. The molecule has 0 saturated carbocycles. The number of aromatic nitrogens is 3. The third-order valence-electron chi connectivity index (χ3n) is 5.82. The van der Waals surface area contributed by atoms with Gasteiger partial charge >= 0.3 is 0 Å². The maximum absolute atomic E-state index is 13.5. The van der Waals surface area contributed by atoms with Crippen LogP contribution < -0.4 is 0 Å². The number of halogens is 1. The van der Waals surface area contributed by atoms with E-state index in [4.69, 9.17) is 4.98 Å². The highest BCUT2D eigenvalue weighted by atomic mass is 19.1. The number of aromatic amines is 1. The van der Waals surface area contributed by atoms with Gasteiger partial charge in [-0.1, -0.05) is 13.8 Å². The van der Waals surface area contributed by atoms with Crippen molar-refractivity contribution in [2.45, 2.75) is 52.0 Å². The van der Waals surface area contributed by atoms with Gasteiger partial charge in [-0.15, -0.1) is 0 Å². The second-order valence-corrected chi connectivity index (χ2v) is 7.51. The number of hydrogen-bond donors (Lipinski definition) is 1. The molecule has 0 spiro atoms. The van der Waals surface area contributed by atoms with E-state index < -0.39 is 0 Å². The Morgan fingerprint density at radius 1 is 1.42 bits per heavy atom. The number of rotatable bonds is 2. The molecule has 24 heavy (non-hydrogen) atoms. The average molecular weight is 328 g/mol. The molecule has 0 bridgehead atoms. The Kier molecular flexibility index (Phi) is 3.46. The smallest absolute Gasteiger partial charge is 0.158 e. The predicted molar refractivity (Wildman–Crippen MR) is 95.0 cm³/mol. The number of imidazole rings is 1. The van der Waals surface area contributed by atoms with Gasteiger partial charge in [-0.25, -0.2) is 13.9 Å². The molecule has 1 fully saturated rings. The predicted octanol–water partition coefficient (Wildman–Crippen LogP) is 4.03. The van der Waals surface area contributed by atoms with Crippen molar-refractivity contribution in [1.82, 2.24) is 19.5 Å². The standard InChI is InChI=1S/C19H25FN4/c1-5-23-9-8-19(4,11-12(23)2)17-13(3)22-24-16-7-6-14(20)10-15(16)21-18(17)24/h6-7,10,12,22H,5,8-9,11H2,1-4H3. The molecule has 2 unspecified atom stereocenters. The van der Waals surface area contributed by atoms with Gasteiger partial charge in [-0.3, -0.25) is 5.10 Å². The van der Waals surface area contributed by atoms with E-state index >= 15 is 0 Å². The van der Waals surface area contributed by atoms with Gasteiger partial charge in [0.2, 0.25) is 0 Å². The highest BCUT2D eigenvalue weighted by molar-refractivity contribution is 5.81. The first-order valence-electron chi connectivity index (χ1n) is 8.84. The summed E-state index contributed by atoms with van der Waals surface area (Å²) in [4.78, 5) is 7.30. The monoisotopic (exact) mass is 328 g/mol. The van der Waals surface area contributed by atoms with Gasteiger partial charge in [-0.05, 0) is 51.9 Å². The van der Waals surface area contributed by atoms with Crippen molar-refractivity contribution in [3.63, 3.8) is 0 Å². The summed E-state index contributed by atoms with van der Waals surface area (Å²) in [6, 6.07) is 5.37. The summed E-state index contributed by atoms with van der Waals surface area (Å²) in [5.41, 5.74) is 5.16. The Hall–Kier alpha value is -1.88. The van der Waals surface area contributed by atoms with Crippen LogP contribution in [0.5, 0.6) is 0 Å². The Balaban J connectivity index is 1.87. The summed E-state index contributed by atoms with van der Waals surface area (Å²) in [6.45, 7) is 11.2. The Morgan fingerprint density at radius 2 is 2.21 bits per heavy atom. The Morgan fingerprint density at radius 3 is 2.92 bits per heavy atom. The molecule has 4 nitrogen and oxygen atoms in total. The van der Waals surface area contributed by atoms with Crippen molar-refractivity contribution in [1.29, 1.82) is 0 Å². The fraction of sp³-hybridized carbons (Fsp3) is 0.526. The van der Waals surface area contributed by atoms with Crippen LogP contribution >= 0.6 is 0 Å². The molecular weight excluding hydrogens is 303 g/mol. The van der Waals surface area contributed by atoms with E-state index in [2.05, 4.69) is 37.7 Å². The van der Waals surface area contributed by atoms with Gasteiger partial charge in [0.05, 0.1) is 11.0 Å². The largest absolute Gasteiger partial charge is 0.301 e. The van der Waals surface area contributed by atoms with Crippen LogP contribution in [-0.4, -0.2) is 38.6 Å². The molecule has 0 radical (unpaired) electrons. The second kappa shape index (κ2) is 5.31. The van der Waals surface area contributed by atoms with E-state index in [0.717, 1.165) is 37.1 Å². The molecule has 1 saturated heterocycles. The maximum atomic E-state index is 13.5. The quantitative estimate of drug-likeness (QED) is 0.771. The molecule has 128 valence electrons. The number of nitrogens with zero attached hydrogens (tertiary/aromatic N) is 3. The minimum atomic E-state index is -0.238. The molecule has 3 aromatic rings. The van der Waals surface area contributed by atoms with Gasteiger partial charge in [0.25, 0.3) is 0 Å². The lowest BCUT2D eigenvalue weighted by Gasteiger charge is -2.43. The maximum Gasteiger partial charge on any atom is 0.158 e. The number of nitrogens with one attached hydrogen (secondary N) is 1. The summed E-state index contributed by atoms with van der Waals surface area (Å²) in [7, 11) is 0. The lowest BCUT2D eigenvalue weighted by molar-refractivity contribution is 0.116. The molecule has 1 aliphatic heterocycles. The number of likely N-dealkylation sites (tertiary alicyclic amines) is 1. The molecule has 2 atom stereocenters. The lowest BCUT2D eigenvalue weighted by Crippen LogP contribution is -2.46. The normalized spacial score (nSPS) is 25.8. The van der Waals surface area contributed by atoms with Crippen molar-refractivity contribution in [2.75, 3.05) is 13.1 Å². The summed E-state index contributed by atoms with van der Waals surface area (Å²) >= 11 is 0. The minimum Gasteiger partial charge on any atom is -0.301 e. The number of H-pyrrole nitrogens is 1. The van der Waals surface area contributed by atoms with Crippen LogP contribution in [0.1, 0.15) is 44.9 Å². The van der Waals surface area contributed by atoms with Crippen molar-refractivity contribution in [3.8, 4) is 0 Å². The molecular formula is C19H25FN4. The lowest BCUT2D eigenvalue weighted by atomic mass is 9.72. The number of benzene rings is 1. The van der Waals surface area contributed by atoms with Crippen LogP contribution in [0.4, 0.5) is 4.39 Å². The van der Waals surface area contributed by atoms with Gasteiger partial charge in [0.15, 0.2) is 5.65 Å². The van der Waals surface area contributed by atoms with E-state index in [0.29, 0.717) is 11.6 Å². The van der Waals surface area contributed by atoms with E-state index in [9.17, 15) is 4.39 Å². The van der Waals surface area contributed by atoms with Crippen molar-refractivity contribution in [2.24, 2.45) is 0 Å². The van der Waals surface area contributed by atoms with Crippen LogP contribution in [-0.2, 0) is 5.41 Å². The summed E-state index contributed by atoms with van der Waals surface area (Å²) < 4.78 is 15.6. The molecule has 5 heteroatoms. The topological polar surface area (TPSA) is 36.3 Å². The van der Waals surface area contributed by atoms with Crippen LogP contribution in [0.25, 0.3) is 16.7 Å². The van der Waals surface area contributed by atoms with E-state index in [1.165, 1.54) is 23.4 Å². The third kappa shape index (κ3) is 2.18. The van der Waals surface area contributed by atoms with Gasteiger partial charge < -0.3 is 4.90 Å². The molecule has 0 amide bonds. The molecule has 1 aliphatic rings. The fourth-order valence-corrected chi connectivity index (χ4v) is 4.64. The minimum absolute atomic E-state index is 0.0936. The average Bonchev–Trinajstić information content (AvgIpc) is 3.00. The van der Waals surface area contributed by atoms with Crippen molar-refractivity contribution in [3.05, 3.63) is 35.3 Å². The second-order valence-electron chi connectivity index (χ2n) is 7.51. The van der Waals surface area contributed by atoms with Crippen LogP contribution in [0.15, 0.2) is 18.2 Å². The first-order valence-corrected chi connectivity index (χ1v) is 8.84. The molecule has 1 aromatic carbocycles. The number of hydrogen-bond acceptors (Lipinski definition) is 2. The van der Waals surface area contributed by atoms with Gasteiger partial charge in [-0.2, -0.15) is 0 Å². The van der Waals surface area contributed by atoms with Gasteiger partial charge in [0.1, 0.15) is 5.82 Å². The number of piperidine rings is 1. The number of aryl methyl sites for hydroxylation is 1. The highest BCUT2D eigenvalue weighted by Crippen LogP contribution is 2.41. The SMILES string of the molecule is CCN1CCC(C)(c2c(C)[nH]n3c2nc2cc(F)ccc23)CC1C. The Labute approximate surface area is 141 Å². The van der Waals surface area contributed by atoms with Crippen LogP contribution in [0.2, 0.25) is 0 Å². The zero-order valence-corrected chi connectivity index (χ0v) is 14.9. The van der Waals surface area contributed by atoms with Crippen molar-refractivity contribution >= 4 is 16.7 Å². The van der Waals surface area contributed by atoms with Crippen molar-refractivity contribution < 1.29 is 4.39 Å². The number of fused-ring (bicyclic) bond motifs is 3. The zero-order chi connectivity index (χ0) is 17.1. The van der Waals surface area contributed by atoms with E-state index in [1.54, 1.807) is 6.07 Å². The molecule has 0 aliphatic carbocycles. The van der Waals surface area contributed by atoms with E-state index in [1.807, 2.05) is 4.52 Å². The van der Waals surface area contributed by atoms with Crippen LogP contribution in [0, 0.1) is 12.7 Å². The molecule has 1 N–H and O–H groups in total.